The van der Waals surface area contributed by atoms with Crippen LogP contribution < -0.4 is 5.73 Å². The van der Waals surface area contributed by atoms with Crippen molar-refractivity contribution in [2.45, 2.75) is 31.7 Å². The van der Waals surface area contributed by atoms with Gasteiger partial charge in [0.05, 0.1) is 0 Å². The lowest BCUT2D eigenvalue weighted by Gasteiger charge is -2.18. The molecule has 2 rings (SSSR count). The maximum atomic E-state index is 13.0. The summed E-state index contributed by atoms with van der Waals surface area (Å²) in [5.41, 5.74) is 7.04. The molecular formula is C12H16FN. The summed E-state index contributed by atoms with van der Waals surface area (Å²) >= 11 is 0. The Bertz CT molecular complexity index is 305. The Hall–Kier alpha value is -0.890. The number of rotatable bonds is 2. The lowest BCUT2D eigenvalue weighted by molar-refractivity contribution is 0.443. The van der Waals surface area contributed by atoms with Crippen LogP contribution in [0.25, 0.3) is 0 Å². The average Bonchev–Trinajstić information content (AvgIpc) is 2.69. The van der Waals surface area contributed by atoms with E-state index < -0.39 is 0 Å². The third kappa shape index (κ3) is 1.95. The molecule has 14 heavy (non-hydrogen) atoms. The molecule has 0 heterocycles. The molecular weight excluding hydrogens is 177 g/mol. The third-order valence-corrected chi connectivity index (χ3v) is 3.14. The molecule has 0 spiro atoms. The van der Waals surface area contributed by atoms with Gasteiger partial charge >= 0.3 is 0 Å². The minimum atomic E-state index is -0.184. The topological polar surface area (TPSA) is 26.0 Å². The van der Waals surface area contributed by atoms with E-state index in [0.29, 0.717) is 5.92 Å². The molecule has 1 aliphatic carbocycles. The summed E-state index contributed by atoms with van der Waals surface area (Å²) in [7, 11) is 0. The van der Waals surface area contributed by atoms with Crippen molar-refractivity contribution in [2.75, 3.05) is 0 Å². The van der Waals surface area contributed by atoms with Gasteiger partial charge in [-0.1, -0.05) is 25.0 Å². The molecule has 0 saturated heterocycles. The highest BCUT2D eigenvalue weighted by Gasteiger charge is 2.23. The molecule has 1 nitrogen and oxygen atoms in total. The van der Waals surface area contributed by atoms with Crippen LogP contribution in [0.15, 0.2) is 24.3 Å². The van der Waals surface area contributed by atoms with Crippen molar-refractivity contribution in [1.82, 2.24) is 0 Å². The minimum Gasteiger partial charge on any atom is -0.324 e. The molecule has 1 atom stereocenters. The fraction of sp³-hybridized carbons (Fsp3) is 0.500. The summed E-state index contributed by atoms with van der Waals surface area (Å²) in [6.45, 7) is 0. The number of benzene rings is 1. The van der Waals surface area contributed by atoms with Gasteiger partial charge in [0.15, 0.2) is 0 Å². The van der Waals surface area contributed by atoms with Crippen LogP contribution >= 0.6 is 0 Å². The second kappa shape index (κ2) is 4.09. The van der Waals surface area contributed by atoms with Gasteiger partial charge in [-0.15, -0.1) is 0 Å². The fourth-order valence-corrected chi connectivity index (χ4v) is 2.30. The van der Waals surface area contributed by atoms with Crippen LogP contribution in [0.4, 0.5) is 4.39 Å². The van der Waals surface area contributed by atoms with Crippen LogP contribution in [0.1, 0.15) is 37.3 Å². The molecule has 1 aromatic rings. The third-order valence-electron chi connectivity index (χ3n) is 3.14. The van der Waals surface area contributed by atoms with Gasteiger partial charge in [-0.2, -0.15) is 0 Å². The molecule has 0 radical (unpaired) electrons. The summed E-state index contributed by atoms with van der Waals surface area (Å²) in [6, 6.07) is 6.70. The average molecular weight is 193 g/mol. The van der Waals surface area contributed by atoms with Crippen LogP contribution in [-0.4, -0.2) is 0 Å². The second-order valence-corrected chi connectivity index (χ2v) is 4.13. The summed E-state index contributed by atoms with van der Waals surface area (Å²) in [5.74, 6) is 0.368. The Kier molecular flexibility index (Phi) is 2.82. The van der Waals surface area contributed by atoms with Gasteiger partial charge in [0.25, 0.3) is 0 Å². The normalized spacial score (nSPS) is 19.9. The molecule has 1 fully saturated rings. The SMILES string of the molecule is N[C@H](c1cccc(F)c1)C1CCCC1. The van der Waals surface area contributed by atoms with E-state index in [-0.39, 0.29) is 11.9 Å². The smallest absolute Gasteiger partial charge is 0.123 e. The minimum absolute atomic E-state index is 0.0215. The quantitative estimate of drug-likeness (QED) is 0.767. The highest BCUT2D eigenvalue weighted by molar-refractivity contribution is 5.20. The van der Waals surface area contributed by atoms with Crippen LogP contribution in [0, 0.1) is 11.7 Å². The Morgan fingerprint density at radius 3 is 2.64 bits per heavy atom. The standard InChI is InChI=1S/C12H16FN/c13-11-7-3-6-10(8-11)12(14)9-4-1-2-5-9/h3,6-9,12H,1-2,4-5,14H2/t12-/m0/s1. The van der Waals surface area contributed by atoms with Crippen LogP contribution in [0.2, 0.25) is 0 Å². The van der Waals surface area contributed by atoms with Crippen molar-refractivity contribution >= 4 is 0 Å². The maximum Gasteiger partial charge on any atom is 0.123 e. The highest BCUT2D eigenvalue weighted by atomic mass is 19.1. The molecule has 0 unspecified atom stereocenters. The van der Waals surface area contributed by atoms with Gasteiger partial charge in [0.2, 0.25) is 0 Å². The van der Waals surface area contributed by atoms with Crippen molar-refractivity contribution in [3.05, 3.63) is 35.6 Å². The lowest BCUT2D eigenvalue weighted by Crippen LogP contribution is -2.19. The molecule has 2 N–H and O–H groups in total. The first kappa shape index (κ1) is 9.66. The van der Waals surface area contributed by atoms with Crippen molar-refractivity contribution in [3.8, 4) is 0 Å². The van der Waals surface area contributed by atoms with Crippen molar-refractivity contribution in [3.63, 3.8) is 0 Å². The Morgan fingerprint density at radius 1 is 1.29 bits per heavy atom. The zero-order valence-corrected chi connectivity index (χ0v) is 8.25. The van der Waals surface area contributed by atoms with Crippen molar-refractivity contribution < 1.29 is 4.39 Å². The van der Waals surface area contributed by atoms with E-state index in [0.717, 1.165) is 5.56 Å². The molecule has 0 aliphatic heterocycles. The van der Waals surface area contributed by atoms with E-state index in [9.17, 15) is 4.39 Å². The van der Waals surface area contributed by atoms with Gasteiger partial charge < -0.3 is 5.73 Å². The molecule has 2 heteroatoms. The zero-order valence-electron chi connectivity index (χ0n) is 8.25. The Balaban J connectivity index is 2.13. The first-order chi connectivity index (χ1) is 6.77. The van der Waals surface area contributed by atoms with Gasteiger partial charge in [-0.3, -0.25) is 0 Å². The van der Waals surface area contributed by atoms with E-state index >= 15 is 0 Å². The largest absolute Gasteiger partial charge is 0.324 e. The van der Waals surface area contributed by atoms with E-state index in [1.54, 1.807) is 12.1 Å². The maximum absolute atomic E-state index is 13.0. The highest BCUT2D eigenvalue weighted by Crippen LogP contribution is 2.34. The molecule has 1 saturated carbocycles. The Labute approximate surface area is 84.1 Å². The lowest BCUT2D eigenvalue weighted by atomic mass is 9.92. The summed E-state index contributed by atoms with van der Waals surface area (Å²) in [5, 5.41) is 0. The van der Waals surface area contributed by atoms with Crippen molar-refractivity contribution in [2.24, 2.45) is 11.7 Å². The summed E-state index contributed by atoms with van der Waals surface area (Å²) in [4.78, 5) is 0. The van der Waals surface area contributed by atoms with Crippen LogP contribution in [0.3, 0.4) is 0 Å². The van der Waals surface area contributed by atoms with E-state index in [4.69, 9.17) is 5.73 Å². The molecule has 0 aromatic heterocycles. The van der Waals surface area contributed by atoms with E-state index in [1.165, 1.54) is 31.7 Å². The number of nitrogens with two attached hydrogens (primary N) is 1. The second-order valence-electron chi connectivity index (χ2n) is 4.13. The van der Waals surface area contributed by atoms with Gasteiger partial charge in [-0.25, -0.2) is 4.39 Å². The van der Waals surface area contributed by atoms with Gasteiger partial charge in [-0.05, 0) is 36.5 Å². The predicted octanol–water partition coefficient (Wildman–Crippen LogP) is 3.02. The number of halogens is 1. The molecule has 0 amide bonds. The fourth-order valence-electron chi connectivity index (χ4n) is 2.30. The zero-order chi connectivity index (χ0) is 9.97. The first-order valence-electron chi connectivity index (χ1n) is 5.28. The molecule has 0 bridgehead atoms. The van der Waals surface area contributed by atoms with E-state index in [2.05, 4.69) is 0 Å². The predicted molar refractivity (Wildman–Crippen MR) is 55.3 cm³/mol. The Morgan fingerprint density at radius 2 is 2.00 bits per heavy atom. The summed E-state index contributed by atoms with van der Waals surface area (Å²) in [6.07, 6.45) is 4.93. The molecule has 76 valence electrons. The van der Waals surface area contributed by atoms with Gasteiger partial charge in [0.1, 0.15) is 5.82 Å². The first-order valence-corrected chi connectivity index (χ1v) is 5.28. The van der Waals surface area contributed by atoms with Crippen LogP contribution in [0.5, 0.6) is 0 Å². The van der Waals surface area contributed by atoms with Crippen LogP contribution in [-0.2, 0) is 0 Å². The van der Waals surface area contributed by atoms with Crippen molar-refractivity contribution in [1.29, 1.82) is 0 Å². The number of hydrogen-bond donors (Lipinski definition) is 1. The molecule has 1 aliphatic rings. The molecule has 1 aromatic carbocycles. The number of hydrogen-bond acceptors (Lipinski definition) is 1. The van der Waals surface area contributed by atoms with Gasteiger partial charge in [0, 0.05) is 6.04 Å². The van der Waals surface area contributed by atoms with E-state index in [1.807, 2.05) is 6.07 Å². The summed E-state index contributed by atoms with van der Waals surface area (Å²) < 4.78 is 13.0. The monoisotopic (exact) mass is 193 g/mol.